The van der Waals surface area contributed by atoms with Crippen LogP contribution < -0.4 is 15.2 Å². The van der Waals surface area contributed by atoms with E-state index in [1.165, 1.54) is 11.1 Å². The topological polar surface area (TPSA) is 47.7 Å². The average molecular weight is 307 g/mol. The van der Waals surface area contributed by atoms with Gasteiger partial charge in [0.2, 0.25) is 6.79 Å². The van der Waals surface area contributed by atoms with Crippen LogP contribution in [-0.2, 0) is 13.1 Å². The molecule has 0 amide bonds. The van der Waals surface area contributed by atoms with E-state index < -0.39 is 0 Å². The first kappa shape index (κ1) is 15.5. The van der Waals surface area contributed by atoms with Gasteiger partial charge in [-0.2, -0.15) is 0 Å². The SMILES string of the molecule is CN(Cc1cccc(N)c1)Cc1ccc2c(c1)OCO2.Cl. The van der Waals surface area contributed by atoms with Gasteiger partial charge in [-0.25, -0.2) is 0 Å². The van der Waals surface area contributed by atoms with Gasteiger partial charge in [0.1, 0.15) is 0 Å². The summed E-state index contributed by atoms with van der Waals surface area (Å²) < 4.78 is 10.7. The summed E-state index contributed by atoms with van der Waals surface area (Å²) in [5.74, 6) is 1.66. The molecule has 2 aromatic carbocycles. The molecule has 21 heavy (non-hydrogen) atoms. The molecule has 3 rings (SSSR count). The predicted molar refractivity (Wildman–Crippen MR) is 85.8 cm³/mol. The molecule has 0 aromatic heterocycles. The standard InChI is InChI=1S/C16H18N2O2.ClH/c1-18(9-12-3-2-4-14(17)7-12)10-13-5-6-15-16(8-13)20-11-19-15;/h2-8H,9-11,17H2,1H3;1H. The smallest absolute Gasteiger partial charge is 0.231 e. The Bertz CT molecular complexity index is 619. The van der Waals surface area contributed by atoms with Crippen molar-refractivity contribution < 1.29 is 9.47 Å². The lowest BCUT2D eigenvalue weighted by molar-refractivity contribution is 0.174. The normalized spacial score (nSPS) is 12.3. The lowest BCUT2D eigenvalue weighted by atomic mass is 10.1. The Morgan fingerprint density at radius 1 is 1.00 bits per heavy atom. The first-order valence-corrected chi connectivity index (χ1v) is 6.62. The van der Waals surface area contributed by atoms with Crippen LogP contribution in [0.3, 0.4) is 0 Å². The van der Waals surface area contributed by atoms with Gasteiger partial charge in [-0.15, -0.1) is 12.4 Å². The van der Waals surface area contributed by atoms with Gasteiger partial charge in [0.15, 0.2) is 11.5 Å². The number of anilines is 1. The third kappa shape index (κ3) is 3.80. The Kier molecular flexibility index (Phi) is 4.94. The molecular formula is C16H19ClN2O2. The summed E-state index contributed by atoms with van der Waals surface area (Å²) in [6.45, 7) is 2.03. The number of ether oxygens (including phenoxy) is 2. The highest BCUT2D eigenvalue weighted by atomic mass is 35.5. The lowest BCUT2D eigenvalue weighted by Gasteiger charge is -2.17. The summed E-state index contributed by atoms with van der Waals surface area (Å²) in [4.78, 5) is 2.24. The van der Waals surface area contributed by atoms with E-state index in [2.05, 4.69) is 24.1 Å². The number of benzene rings is 2. The fourth-order valence-electron chi connectivity index (χ4n) is 2.41. The fourth-order valence-corrected chi connectivity index (χ4v) is 2.41. The van der Waals surface area contributed by atoms with E-state index >= 15 is 0 Å². The van der Waals surface area contributed by atoms with E-state index in [4.69, 9.17) is 15.2 Å². The lowest BCUT2D eigenvalue weighted by Crippen LogP contribution is -2.17. The number of halogens is 1. The maximum absolute atomic E-state index is 5.80. The third-order valence-corrected chi connectivity index (χ3v) is 3.29. The van der Waals surface area contributed by atoms with Crippen LogP contribution in [0.25, 0.3) is 0 Å². The number of nitrogens with two attached hydrogens (primary N) is 1. The van der Waals surface area contributed by atoms with Crippen molar-refractivity contribution in [3.63, 3.8) is 0 Å². The van der Waals surface area contributed by atoms with Crippen LogP contribution in [-0.4, -0.2) is 18.7 Å². The highest BCUT2D eigenvalue weighted by molar-refractivity contribution is 5.85. The van der Waals surface area contributed by atoms with Gasteiger partial charge in [0.05, 0.1) is 0 Å². The molecular weight excluding hydrogens is 288 g/mol. The van der Waals surface area contributed by atoms with Crippen molar-refractivity contribution in [1.29, 1.82) is 0 Å². The van der Waals surface area contributed by atoms with Crippen molar-refractivity contribution >= 4 is 18.1 Å². The molecule has 0 unspecified atom stereocenters. The Morgan fingerprint density at radius 2 is 1.71 bits per heavy atom. The molecule has 1 aliphatic rings. The second kappa shape index (κ2) is 6.70. The van der Waals surface area contributed by atoms with E-state index in [9.17, 15) is 0 Å². The maximum Gasteiger partial charge on any atom is 0.231 e. The minimum atomic E-state index is 0. The van der Waals surface area contributed by atoms with Crippen LogP contribution in [0.2, 0.25) is 0 Å². The number of nitrogen functional groups attached to an aromatic ring is 1. The van der Waals surface area contributed by atoms with Crippen molar-refractivity contribution in [2.24, 2.45) is 0 Å². The van der Waals surface area contributed by atoms with E-state index in [1.807, 2.05) is 30.3 Å². The zero-order chi connectivity index (χ0) is 13.9. The summed E-state index contributed by atoms with van der Waals surface area (Å²) in [6.07, 6.45) is 0. The molecule has 0 bridgehead atoms. The molecule has 0 spiro atoms. The molecule has 5 heteroatoms. The third-order valence-electron chi connectivity index (χ3n) is 3.29. The van der Waals surface area contributed by atoms with Gasteiger partial charge in [-0.1, -0.05) is 18.2 Å². The molecule has 0 fully saturated rings. The monoisotopic (exact) mass is 306 g/mol. The number of nitrogens with zero attached hydrogens (tertiary/aromatic N) is 1. The summed E-state index contributed by atoms with van der Waals surface area (Å²) >= 11 is 0. The molecule has 0 atom stereocenters. The molecule has 4 nitrogen and oxygen atoms in total. The molecule has 0 radical (unpaired) electrons. The zero-order valence-corrected chi connectivity index (χ0v) is 12.7. The Balaban J connectivity index is 0.00000161. The van der Waals surface area contributed by atoms with E-state index in [1.54, 1.807) is 0 Å². The predicted octanol–water partition coefficient (Wildman–Crippen LogP) is 3.05. The molecule has 1 heterocycles. The fraction of sp³-hybridized carbons (Fsp3) is 0.250. The highest BCUT2D eigenvalue weighted by Crippen LogP contribution is 2.32. The Hall–Kier alpha value is -1.91. The van der Waals surface area contributed by atoms with E-state index in [0.717, 1.165) is 30.3 Å². The molecule has 0 aliphatic carbocycles. The summed E-state index contributed by atoms with van der Waals surface area (Å²) in [5.41, 5.74) is 9.03. The van der Waals surface area contributed by atoms with Crippen LogP contribution in [0, 0.1) is 0 Å². The van der Waals surface area contributed by atoms with Crippen LogP contribution in [0.4, 0.5) is 5.69 Å². The van der Waals surface area contributed by atoms with Gasteiger partial charge in [-0.3, -0.25) is 4.90 Å². The maximum atomic E-state index is 5.80. The first-order chi connectivity index (χ1) is 9.70. The number of fused-ring (bicyclic) bond motifs is 1. The van der Waals surface area contributed by atoms with E-state index in [0.29, 0.717) is 6.79 Å². The quantitative estimate of drug-likeness (QED) is 0.882. The second-order valence-corrected chi connectivity index (χ2v) is 5.10. The minimum Gasteiger partial charge on any atom is -0.454 e. The van der Waals surface area contributed by atoms with Gasteiger partial charge in [0.25, 0.3) is 0 Å². The molecule has 2 N–H and O–H groups in total. The zero-order valence-electron chi connectivity index (χ0n) is 11.9. The van der Waals surface area contributed by atoms with Crippen molar-refractivity contribution in [1.82, 2.24) is 4.90 Å². The first-order valence-electron chi connectivity index (χ1n) is 6.62. The molecule has 2 aromatic rings. The summed E-state index contributed by atoms with van der Waals surface area (Å²) in [6, 6.07) is 14.1. The Labute approximate surface area is 130 Å². The summed E-state index contributed by atoms with van der Waals surface area (Å²) in [5, 5.41) is 0. The Morgan fingerprint density at radius 3 is 2.48 bits per heavy atom. The van der Waals surface area contributed by atoms with E-state index in [-0.39, 0.29) is 12.4 Å². The number of rotatable bonds is 4. The number of hydrogen-bond acceptors (Lipinski definition) is 4. The van der Waals surface area contributed by atoms with Crippen LogP contribution >= 0.6 is 12.4 Å². The van der Waals surface area contributed by atoms with Crippen molar-refractivity contribution in [3.8, 4) is 11.5 Å². The summed E-state index contributed by atoms with van der Waals surface area (Å²) in [7, 11) is 2.09. The molecule has 1 aliphatic heterocycles. The largest absolute Gasteiger partial charge is 0.454 e. The minimum absolute atomic E-state index is 0. The van der Waals surface area contributed by atoms with Crippen molar-refractivity contribution in [2.45, 2.75) is 13.1 Å². The number of hydrogen-bond donors (Lipinski definition) is 1. The molecule has 112 valence electrons. The van der Waals surface area contributed by atoms with Crippen LogP contribution in [0.15, 0.2) is 42.5 Å². The van der Waals surface area contributed by atoms with Crippen molar-refractivity contribution in [2.75, 3.05) is 19.6 Å². The average Bonchev–Trinajstić information content (AvgIpc) is 2.86. The highest BCUT2D eigenvalue weighted by Gasteiger charge is 2.13. The van der Waals surface area contributed by atoms with Gasteiger partial charge < -0.3 is 15.2 Å². The van der Waals surface area contributed by atoms with Crippen molar-refractivity contribution in [3.05, 3.63) is 53.6 Å². The second-order valence-electron chi connectivity index (χ2n) is 5.10. The van der Waals surface area contributed by atoms with Gasteiger partial charge >= 0.3 is 0 Å². The van der Waals surface area contributed by atoms with Gasteiger partial charge in [0, 0.05) is 18.8 Å². The van der Waals surface area contributed by atoms with Crippen LogP contribution in [0.1, 0.15) is 11.1 Å². The molecule has 0 saturated carbocycles. The van der Waals surface area contributed by atoms with Gasteiger partial charge in [-0.05, 0) is 42.4 Å². The van der Waals surface area contributed by atoms with Crippen LogP contribution in [0.5, 0.6) is 11.5 Å². The molecule has 0 saturated heterocycles.